The van der Waals surface area contributed by atoms with Gasteiger partial charge in [-0.2, -0.15) is 5.10 Å². The van der Waals surface area contributed by atoms with E-state index in [9.17, 15) is 4.79 Å². The highest BCUT2D eigenvalue weighted by atomic mass is 16.5. The summed E-state index contributed by atoms with van der Waals surface area (Å²) in [5.41, 5.74) is 2.87. The van der Waals surface area contributed by atoms with Crippen molar-refractivity contribution in [3.8, 4) is 11.1 Å². The Morgan fingerprint density at radius 1 is 1.16 bits per heavy atom. The molecular formula is C19H24N4O2. The summed E-state index contributed by atoms with van der Waals surface area (Å²) in [5.74, 6) is 0. The number of anilines is 1. The van der Waals surface area contributed by atoms with Gasteiger partial charge in [0.1, 0.15) is 0 Å². The zero-order chi connectivity index (χ0) is 17.1. The molecular weight excluding hydrogens is 316 g/mol. The lowest BCUT2D eigenvalue weighted by Crippen LogP contribution is -2.39. The van der Waals surface area contributed by atoms with Crippen LogP contribution in [-0.4, -0.2) is 34.5 Å². The minimum absolute atomic E-state index is 0.0163. The second-order valence-electron chi connectivity index (χ2n) is 7.12. The number of amides is 2. The number of H-pyrrole nitrogens is 1. The normalized spacial score (nSPS) is 22.0. The number of ether oxygens (including phenoxy) is 1. The third-order valence-electron chi connectivity index (χ3n) is 5.28. The highest BCUT2D eigenvalue weighted by molar-refractivity contribution is 5.89. The van der Waals surface area contributed by atoms with Crippen molar-refractivity contribution in [1.82, 2.24) is 15.5 Å². The first kappa shape index (κ1) is 16.1. The zero-order valence-electron chi connectivity index (χ0n) is 14.3. The molecule has 2 amide bonds. The van der Waals surface area contributed by atoms with E-state index in [1.165, 1.54) is 19.3 Å². The van der Waals surface area contributed by atoms with Crippen LogP contribution in [0.2, 0.25) is 0 Å². The molecule has 3 N–H and O–H groups in total. The molecule has 2 aromatic rings. The van der Waals surface area contributed by atoms with Crippen molar-refractivity contribution in [2.24, 2.45) is 0 Å². The molecule has 2 heterocycles. The van der Waals surface area contributed by atoms with Gasteiger partial charge in [-0.1, -0.05) is 31.4 Å². The number of carbonyl (C=O) groups is 1. The molecule has 0 bridgehead atoms. The molecule has 1 spiro atoms. The van der Waals surface area contributed by atoms with Crippen LogP contribution in [0.15, 0.2) is 36.7 Å². The Hall–Kier alpha value is -2.34. The van der Waals surface area contributed by atoms with Gasteiger partial charge in [0.05, 0.1) is 24.4 Å². The van der Waals surface area contributed by atoms with E-state index >= 15 is 0 Å². The van der Waals surface area contributed by atoms with Crippen LogP contribution in [0.4, 0.5) is 10.5 Å². The first-order valence-electron chi connectivity index (χ1n) is 9.03. The number of nitrogens with one attached hydrogen (secondary N) is 3. The van der Waals surface area contributed by atoms with E-state index in [0.717, 1.165) is 36.1 Å². The molecule has 1 saturated heterocycles. The number of carbonyl (C=O) groups excluding carboxylic acids is 1. The molecule has 0 radical (unpaired) electrons. The van der Waals surface area contributed by atoms with Gasteiger partial charge in [0.2, 0.25) is 0 Å². The monoisotopic (exact) mass is 340 g/mol. The fourth-order valence-corrected chi connectivity index (χ4v) is 3.99. The molecule has 6 nitrogen and oxygen atoms in total. The lowest BCUT2D eigenvalue weighted by atomic mass is 9.82. The second-order valence-corrected chi connectivity index (χ2v) is 7.12. The summed E-state index contributed by atoms with van der Waals surface area (Å²) in [5, 5.41) is 12.7. The molecule has 1 aliphatic carbocycles. The molecule has 0 unspecified atom stereocenters. The Labute approximate surface area is 147 Å². The van der Waals surface area contributed by atoms with Crippen molar-refractivity contribution in [3.63, 3.8) is 0 Å². The number of urea groups is 1. The average Bonchev–Trinajstić information content (AvgIpc) is 3.27. The number of aromatic nitrogens is 2. The minimum atomic E-state index is -0.169. The second kappa shape index (κ2) is 6.88. The summed E-state index contributed by atoms with van der Waals surface area (Å²) in [6, 6.07) is 7.67. The van der Waals surface area contributed by atoms with Crippen LogP contribution < -0.4 is 10.6 Å². The van der Waals surface area contributed by atoms with Gasteiger partial charge in [-0.15, -0.1) is 0 Å². The van der Waals surface area contributed by atoms with Gasteiger partial charge in [-0.3, -0.25) is 5.10 Å². The van der Waals surface area contributed by atoms with Crippen LogP contribution >= 0.6 is 0 Å². The van der Waals surface area contributed by atoms with E-state index in [1.807, 2.05) is 30.5 Å². The van der Waals surface area contributed by atoms with Gasteiger partial charge in [0, 0.05) is 17.4 Å². The number of benzene rings is 1. The van der Waals surface area contributed by atoms with Crippen LogP contribution in [0.3, 0.4) is 0 Å². The third-order valence-corrected chi connectivity index (χ3v) is 5.28. The number of hydrogen-bond donors (Lipinski definition) is 3. The number of aromatic amines is 1. The zero-order valence-corrected chi connectivity index (χ0v) is 14.3. The van der Waals surface area contributed by atoms with Crippen molar-refractivity contribution in [2.45, 2.75) is 50.2 Å². The van der Waals surface area contributed by atoms with Crippen molar-refractivity contribution < 1.29 is 9.53 Å². The maximum absolute atomic E-state index is 12.3. The first-order chi connectivity index (χ1) is 12.2. The lowest BCUT2D eigenvalue weighted by Gasteiger charge is -2.32. The molecule has 4 rings (SSSR count). The Bertz CT molecular complexity index is 706. The van der Waals surface area contributed by atoms with Gasteiger partial charge < -0.3 is 15.4 Å². The summed E-state index contributed by atoms with van der Waals surface area (Å²) >= 11 is 0. The Morgan fingerprint density at radius 2 is 1.96 bits per heavy atom. The SMILES string of the molecule is O=C(Nc1ccc(-c2cn[nH]c2)cc1)N[C@H]1COC2(CCCCC2)C1. The molecule has 1 atom stereocenters. The lowest BCUT2D eigenvalue weighted by molar-refractivity contribution is -0.0245. The van der Waals surface area contributed by atoms with Crippen LogP contribution in [0, 0.1) is 0 Å². The van der Waals surface area contributed by atoms with Crippen LogP contribution in [-0.2, 0) is 4.74 Å². The number of rotatable bonds is 3. The molecule has 25 heavy (non-hydrogen) atoms. The van der Waals surface area contributed by atoms with Crippen LogP contribution in [0.1, 0.15) is 38.5 Å². The first-order valence-corrected chi connectivity index (χ1v) is 9.03. The Balaban J connectivity index is 1.30. The molecule has 2 aliphatic rings. The summed E-state index contributed by atoms with van der Waals surface area (Å²) in [7, 11) is 0. The van der Waals surface area contributed by atoms with Gasteiger partial charge in [-0.05, 0) is 37.0 Å². The largest absolute Gasteiger partial charge is 0.373 e. The fourth-order valence-electron chi connectivity index (χ4n) is 3.99. The maximum Gasteiger partial charge on any atom is 0.319 e. The molecule has 1 aliphatic heterocycles. The van der Waals surface area contributed by atoms with E-state index < -0.39 is 0 Å². The van der Waals surface area contributed by atoms with E-state index in [-0.39, 0.29) is 17.7 Å². The Morgan fingerprint density at radius 3 is 2.68 bits per heavy atom. The van der Waals surface area contributed by atoms with Crippen molar-refractivity contribution >= 4 is 11.7 Å². The maximum atomic E-state index is 12.3. The predicted octanol–water partition coefficient (Wildman–Crippen LogP) is 3.69. The van der Waals surface area contributed by atoms with Crippen LogP contribution in [0.25, 0.3) is 11.1 Å². The third kappa shape index (κ3) is 3.69. The van der Waals surface area contributed by atoms with Gasteiger partial charge in [0.25, 0.3) is 0 Å². The quantitative estimate of drug-likeness (QED) is 0.797. The standard InChI is InChI=1S/C19H24N4O2/c24-18(23-17-10-19(25-13-17)8-2-1-3-9-19)22-16-6-4-14(5-7-16)15-11-20-21-12-15/h4-7,11-12,17H,1-3,8-10,13H2,(H,20,21)(H2,22,23,24)/t17-/m1/s1. The highest BCUT2D eigenvalue weighted by Crippen LogP contribution is 2.39. The molecule has 2 fully saturated rings. The summed E-state index contributed by atoms with van der Waals surface area (Å²) in [4.78, 5) is 12.3. The van der Waals surface area contributed by atoms with Crippen molar-refractivity contribution in [2.75, 3.05) is 11.9 Å². The molecule has 132 valence electrons. The van der Waals surface area contributed by atoms with Crippen LogP contribution in [0.5, 0.6) is 0 Å². The van der Waals surface area contributed by atoms with Gasteiger partial charge in [0.15, 0.2) is 0 Å². The van der Waals surface area contributed by atoms with Crippen molar-refractivity contribution in [3.05, 3.63) is 36.7 Å². The Kier molecular flexibility index (Phi) is 4.44. The summed E-state index contributed by atoms with van der Waals surface area (Å²) < 4.78 is 6.05. The van der Waals surface area contributed by atoms with Gasteiger partial charge >= 0.3 is 6.03 Å². The van der Waals surface area contributed by atoms with Crippen molar-refractivity contribution in [1.29, 1.82) is 0 Å². The summed E-state index contributed by atoms with van der Waals surface area (Å²) in [6.07, 6.45) is 10.6. The highest BCUT2D eigenvalue weighted by Gasteiger charge is 2.41. The molecule has 6 heteroatoms. The minimum Gasteiger partial charge on any atom is -0.373 e. The molecule has 1 aromatic heterocycles. The topological polar surface area (TPSA) is 79.0 Å². The van der Waals surface area contributed by atoms with E-state index in [4.69, 9.17) is 4.74 Å². The number of hydrogen-bond acceptors (Lipinski definition) is 3. The van der Waals surface area contributed by atoms with E-state index in [1.54, 1.807) is 6.20 Å². The van der Waals surface area contributed by atoms with Gasteiger partial charge in [-0.25, -0.2) is 4.79 Å². The average molecular weight is 340 g/mol. The van der Waals surface area contributed by atoms with E-state index in [0.29, 0.717) is 6.61 Å². The van der Waals surface area contributed by atoms with E-state index in [2.05, 4.69) is 20.8 Å². The predicted molar refractivity (Wildman–Crippen MR) is 96.4 cm³/mol. The molecule has 1 saturated carbocycles. The smallest absolute Gasteiger partial charge is 0.319 e. The summed E-state index contributed by atoms with van der Waals surface area (Å²) in [6.45, 7) is 0.618. The molecule has 1 aromatic carbocycles. The fraction of sp³-hybridized carbons (Fsp3) is 0.474. The number of nitrogens with zero attached hydrogens (tertiary/aromatic N) is 1.